The lowest BCUT2D eigenvalue weighted by molar-refractivity contribution is 0.334. The van der Waals surface area contributed by atoms with E-state index in [1.165, 1.54) is 0 Å². The number of aromatic amines is 1. The second-order valence-electron chi connectivity index (χ2n) is 2.85. The average Bonchev–Trinajstić information content (AvgIpc) is 2.47. The fourth-order valence-corrected chi connectivity index (χ4v) is 1.18. The lowest BCUT2D eigenvalue weighted by Crippen LogP contribution is -2.22. The fraction of sp³-hybridized carbons (Fsp3) is 0.625. The van der Waals surface area contributed by atoms with Crippen molar-refractivity contribution in [3.8, 4) is 0 Å². The highest BCUT2D eigenvalue weighted by Gasteiger charge is 1.95. The van der Waals surface area contributed by atoms with Crippen LogP contribution in [0.1, 0.15) is 6.92 Å². The molecule has 1 heterocycles. The van der Waals surface area contributed by atoms with E-state index in [1.807, 2.05) is 17.0 Å². The SMILES string of the molecule is CCN(C)CCn1cc[nH]c1=S. The summed E-state index contributed by atoms with van der Waals surface area (Å²) in [5.41, 5.74) is 0. The first kappa shape index (κ1) is 9.48. The monoisotopic (exact) mass is 185 g/mol. The van der Waals surface area contributed by atoms with Crippen molar-refractivity contribution >= 4 is 12.2 Å². The minimum Gasteiger partial charge on any atom is -0.337 e. The second kappa shape index (κ2) is 4.42. The van der Waals surface area contributed by atoms with E-state index in [2.05, 4.69) is 23.9 Å². The van der Waals surface area contributed by atoms with Crippen molar-refractivity contribution in [2.75, 3.05) is 20.1 Å². The molecular formula is C8H15N3S. The Bertz CT molecular complexity index is 276. The summed E-state index contributed by atoms with van der Waals surface area (Å²) in [5, 5.41) is 0. The van der Waals surface area contributed by atoms with Gasteiger partial charge in [0.05, 0.1) is 0 Å². The molecule has 0 unspecified atom stereocenters. The quantitative estimate of drug-likeness (QED) is 0.719. The molecule has 0 aliphatic rings. The van der Waals surface area contributed by atoms with E-state index in [0.717, 1.165) is 24.4 Å². The van der Waals surface area contributed by atoms with E-state index < -0.39 is 0 Å². The molecule has 0 fully saturated rings. The Morgan fingerprint density at radius 1 is 1.67 bits per heavy atom. The van der Waals surface area contributed by atoms with Crippen molar-refractivity contribution in [3.63, 3.8) is 0 Å². The molecule has 0 aliphatic heterocycles. The van der Waals surface area contributed by atoms with E-state index >= 15 is 0 Å². The van der Waals surface area contributed by atoms with Crippen molar-refractivity contribution in [2.24, 2.45) is 0 Å². The normalized spacial score (nSPS) is 10.9. The zero-order valence-electron chi connectivity index (χ0n) is 7.58. The molecule has 0 amide bonds. The summed E-state index contributed by atoms with van der Waals surface area (Å²) in [4.78, 5) is 5.23. The number of H-pyrrole nitrogens is 1. The maximum Gasteiger partial charge on any atom is 0.177 e. The van der Waals surface area contributed by atoms with Gasteiger partial charge in [0.2, 0.25) is 0 Å². The maximum absolute atomic E-state index is 5.06. The standard InChI is InChI=1S/C8H15N3S/c1-3-10(2)6-7-11-5-4-9-8(11)12/h4-5H,3,6-7H2,1-2H3,(H,9,12). The van der Waals surface area contributed by atoms with Crippen LogP contribution < -0.4 is 0 Å². The fourth-order valence-electron chi connectivity index (χ4n) is 0.962. The summed E-state index contributed by atoms with van der Waals surface area (Å²) >= 11 is 5.06. The van der Waals surface area contributed by atoms with E-state index in [0.29, 0.717) is 0 Å². The summed E-state index contributed by atoms with van der Waals surface area (Å²) in [6.45, 7) is 5.24. The van der Waals surface area contributed by atoms with Gasteiger partial charge in [-0.05, 0) is 25.8 Å². The van der Waals surface area contributed by atoms with Gasteiger partial charge >= 0.3 is 0 Å². The molecule has 1 rings (SSSR count). The van der Waals surface area contributed by atoms with Crippen LogP contribution in [0.3, 0.4) is 0 Å². The van der Waals surface area contributed by atoms with E-state index in [9.17, 15) is 0 Å². The zero-order chi connectivity index (χ0) is 8.97. The van der Waals surface area contributed by atoms with Gasteiger partial charge in [-0.15, -0.1) is 0 Å². The van der Waals surface area contributed by atoms with Crippen molar-refractivity contribution < 1.29 is 0 Å². The van der Waals surface area contributed by atoms with Gasteiger partial charge in [-0.2, -0.15) is 0 Å². The maximum atomic E-state index is 5.06. The van der Waals surface area contributed by atoms with E-state index in [-0.39, 0.29) is 0 Å². The molecule has 0 aliphatic carbocycles. The molecule has 0 saturated heterocycles. The van der Waals surface area contributed by atoms with Crippen molar-refractivity contribution in [3.05, 3.63) is 17.2 Å². The highest BCUT2D eigenvalue weighted by Crippen LogP contribution is 1.91. The molecule has 0 atom stereocenters. The van der Waals surface area contributed by atoms with E-state index in [4.69, 9.17) is 12.2 Å². The predicted molar refractivity (Wildman–Crippen MR) is 52.8 cm³/mol. The number of aromatic nitrogens is 2. The number of nitrogens with one attached hydrogen (secondary N) is 1. The first-order valence-corrected chi connectivity index (χ1v) is 4.57. The smallest absolute Gasteiger partial charge is 0.177 e. The molecule has 68 valence electrons. The van der Waals surface area contributed by atoms with Gasteiger partial charge in [0.1, 0.15) is 0 Å². The Hall–Kier alpha value is -0.610. The average molecular weight is 185 g/mol. The molecular weight excluding hydrogens is 170 g/mol. The number of hydrogen-bond acceptors (Lipinski definition) is 2. The summed E-state index contributed by atoms with van der Waals surface area (Å²) in [5.74, 6) is 0. The van der Waals surface area contributed by atoms with Gasteiger partial charge in [0.25, 0.3) is 0 Å². The van der Waals surface area contributed by atoms with Crippen LogP contribution in [0.25, 0.3) is 0 Å². The Kier molecular flexibility index (Phi) is 3.49. The molecule has 1 N–H and O–H groups in total. The van der Waals surface area contributed by atoms with Crippen LogP contribution in [0.5, 0.6) is 0 Å². The summed E-state index contributed by atoms with van der Waals surface area (Å²) in [6.07, 6.45) is 3.85. The third-order valence-electron chi connectivity index (χ3n) is 1.98. The van der Waals surface area contributed by atoms with Gasteiger partial charge in [-0.25, -0.2) is 0 Å². The number of rotatable bonds is 4. The highest BCUT2D eigenvalue weighted by atomic mass is 32.1. The minimum absolute atomic E-state index is 0.805. The molecule has 1 aromatic rings. The Labute approximate surface area is 78.0 Å². The predicted octanol–water partition coefficient (Wildman–Crippen LogP) is 1.50. The van der Waals surface area contributed by atoms with Crippen LogP contribution >= 0.6 is 12.2 Å². The Morgan fingerprint density at radius 3 is 2.92 bits per heavy atom. The van der Waals surface area contributed by atoms with Crippen LogP contribution in [-0.4, -0.2) is 34.6 Å². The summed E-state index contributed by atoms with van der Waals surface area (Å²) in [6, 6.07) is 0. The van der Waals surface area contributed by atoms with Crippen LogP contribution in [0.2, 0.25) is 0 Å². The number of hydrogen-bond donors (Lipinski definition) is 1. The molecule has 0 saturated carbocycles. The van der Waals surface area contributed by atoms with Gasteiger partial charge in [-0.1, -0.05) is 6.92 Å². The Morgan fingerprint density at radius 2 is 2.42 bits per heavy atom. The number of nitrogens with zero attached hydrogens (tertiary/aromatic N) is 2. The van der Waals surface area contributed by atoms with Crippen LogP contribution in [0, 0.1) is 4.77 Å². The van der Waals surface area contributed by atoms with Gasteiger partial charge in [-0.3, -0.25) is 0 Å². The largest absolute Gasteiger partial charge is 0.337 e. The summed E-state index contributed by atoms with van der Waals surface area (Å²) in [7, 11) is 2.11. The minimum atomic E-state index is 0.805. The molecule has 1 aromatic heterocycles. The molecule has 0 bridgehead atoms. The second-order valence-corrected chi connectivity index (χ2v) is 3.24. The van der Waals surface area contributed by atoms with Crippen LogP contribution in [0.4, 0.5) is 0 Å². The number of imidazole rings is 1. The van der Waals surface area contributed by atoms with Gasteiger partial charge < -0.3 is 14.5 Å². The number of likely N-dealkylation sites (N-methyl/N-ethyl adjacent to an activating group) is 1. The van der Waals surface area contributed by atoms with Gasteiger partial charge in [0, 0.05) is 25.5 Å². The molecule has 0 radical (unpaired) electrons. The lowest BCUT2D eigenvalue weighted by Gasteiger charge is -2.13. The molecule has 3 nitrogen and oxygen atoms in total. The van der Waals surface area contributed by atoms with Crippen molar-refractivity contribution in [1.82, 2.24) is 14.5 Å². The highest BCUT2D eigenvalue weighted by molar-refractivity contribution is 7.71. The zero-order valence-corrected chi connectivity index (χ0v) is 8.40. The molecule has 4 heteroatoms. The Balaban J connectivity index is 2.43. The first-order valence-electron chi connectivity index (χ1n) is 4.16. The van der Waals surface area contributed by atoms with Gasteiger partial charge in [0.15, 0.2) is 4.77 Å². The topological polar surface area (TPSA) is 24.0 Å². The van der Waals surface area contributed by atoms with E-state index in [1.54, 1.807) is 0 Å². The van der Waals surface area contributed by atoms with Crippen LogP contribution in [0.15, 0.2) is 12.4 Å². The van der Waals surface area contributed by atoms with Crippen LogP contribution in [-0.2, 0) is 6.54 Å². The first-order chi connectivity index (χ1) is 5.74. The van der Waals surface area contributed by atoms with Crippen molar-refractivity contribution in [2.45, 2.75) is 13.5 Å². The van der Waals surface area contributed by atoms with Crippen molar-refractivity contribution in [1.29, 1.82) is 0 Å². The molecule has 12 heavy (non-hydrogen) atoms. The molecule has 0 aromatic carbocycles. The molecule has 0 spiro atoms. The lowest BCUT2D eigenvalue weighted by atomic mass is 10.5. The third kappa shape index (κ3) is 2.46. The summed E-state index contributed by atoms with van der Waals surface area (Å²) < 4.78 is 2.85. The third-order valence-corrected chi connectivity index (χ3v) is 2.34.